The van der Waals surface area contributed by atoms with Crippen LogP contribution in [0.1, 0.15) is 23.1 Å². The van der Waals surface area contributed by atoms with Gasteiger partial charge in [0.05, 0.1) is 16.8 Å². The Morgan fingerprint density at radius 2 is 2.30 bits per heavy atom. The summed E-state index contributed by atoms with van der Waals surface area (Å²) in [7, 11) is 1.75. The Morgan fingerprint density at radius 3 is 3.15 bits per heavy atom. The molecule has 2 aromatic rings. The smallest absolute Gasteiger partial charge is 0.0958 e. The van der Waals surface area contributed by atoms with Gasteiger partial charge in [-0.05, 0) is 37.1 Å². The predicted octanol–water partition coefficient (Wildman–Crippen LogP) is 3.03. The topological polar surface area (TPSA) is 34.1 Å². The van der Waals surface area contributed by atoms with E-state index in [0.29, 0.717) is 0 Å². The van der Waals surface area contributed by atoms with E-state index in [0.717, 1.165) is 36.6 Å². The third-order valence-electron chi connectivity index (χ3n) is 3.80. The number of aromatic nitrogens is 1. The lowest BCUT2D eigenvalue weighted by Crippen LogP contribution is -2.23. The van der Waals surface area contributed by atoms with Crippen molar-refractivity contribution in [1.29, 1.82) is 0 Å². The first-order valence-electron chi connectivity index (χ1n) is 7.06. The van der Waals surface area contributed by atoms with Gasteiger partial charge < -0.3 is 10.1 Å². The normalized spacial score (nSPS) is 15.9. The van der Waals surface area contributed by atoms with Gasteiger partial charge in [0.15, 0.2) is 0 Å². The highest BCUT2D eigenvalue weighted by Gasteiger charge is 2.12. The van der Waals surface area contributed by atoms with Crippen molar-refractivity contribution in [2.75, 3.05) is 13.7 Å². The monoisotopic (exact) mass is 288 g/mol. The Morgan fingerprint density at radius 1 is 1.40 bits per heavy atom. The van der Waals surface area contributed by atoms with Gasteiger partial charge in [-0.1, -0.05) is 12.1 Å². The van der Waals surface area contributed by atoms with Crippen molar-refractivity contribution in [2.24, 2.45) is 0 Å². The summed E-state index contributed by atoms with van der Waals surface area (Å²) in [5, 5.41) is 6.71. The Balaban J connectivity index is 1.82. The average Bonchev–Trinajstić information content (AvgIpc) is 2.95. The summed E-state index contributed by atoms with van der Waals surface area (Å²) in [6.07, 6.45) is 2.22. The molecule has 4 heteroatoms. The van der Waals surface area contributed by atoms with Gasteiger partial charge >= 0.3 is 0 Å². The molecule has 1 unspecified atom stereocenters. The molecule has 0 saturated carbocycles. The number of hydrogen-bond donors (Lipinski definition) is 1. The van der Waals surface area contributed by atoms with Crippen LogP contribution >= 0.6 is 11.3 Å². The Hall–Kier alpha value is -1.23. The van der Waals surface area contributed by atoms with E-state index in [-0.39, 0.29) is 6.10 Å². The Kier molecular flexibility index (Phi) is 4.15. The summed E-state index contributed by atoms with van der Waals surface area (Å²) in [5.74, 6) is 0. The van der Waals surface area contributed by atoms with Crippen molar-refractivity contribution in [3.8, 4) is 11.3 Å². The van der Waals surface area contributed by atoms with Gasteiger partial charge in [0, 0.05) is 31.0 Å². The maximum Gasteiger partial charge on any atom is 0.0958 e. The highest BCUT2D eigenvalue weighted by atomic mass is 32.1. The molecule has 1 aliphatic rings. The van der Waals surface area contributed by atoms with Crippen LogP contribution < -0.4 is 5.32 Å². The highest BCUT2D eigenvalue weighted by Crippen LogP contribution is 2.26. The van der Waals surface area contributed by atoms with Crippen LogP contribution in [0, 0.1) is 0 Å². The lowest BCUT2D eigenvalue weighted by Gasteiger charge is -2.17. The number of benzene rings is 1. The van der Waals surface area contributed by atoms with Crippen LogP contribution in [0.15, 0.2) is 23.6 Å². The second-order valence-electron chi connectivity index (χ2n) is 5.29. The van der Waals surface area contributed by atoms with E-state index in [1.54, 1.807) is 18.4 Å². The van der Waals surface area contributed by atoms with Gasteiger partial charge in [-0.15, -0.1) is 11.3 Å². The Bertz CT molecular complexity index is 594. The second kappa shape index (κ2) is 6.04. The number of nitrogens with one attached hydrogen (secondary N) is 1. The largest absolute Gasteiger partial charge is 0.381 e. The fourth-order valence-electron chi connectivity index (χ4n) is 2.50. The van der Waals surface area contributed by atoms with E-state index >= 15 is 0 Å². The summed E-state index contributed by atoms with van der Waals surface area (Å²) >= 11 is 1.72. The molecule has 1 aromatic carbocycles. The van der Waals surface area contributed by atoms with Crippen molar-refractivity contribution < 1.29 is 4.74 Å². The maximum absolute atomic E-state index is 5.30. The minimum absolute atomic E-state index is 0.226. The van der Waals surface area contributed by atoms with E-state index in [2.05, 4.69) is 35.8 Å². The van der Waals surface area contributed by atoms with Crippen LogP contribution in [0.25, 0.3) is 11.3 Å². The third kappa shape index (κ3) is 2.92. The molecule has 0 radical (unpaired) electrons. The minimum Gasteiger partial charge on any atom is -0.381 e. The van der Waals surface area contributed by atoms with E-state index in [1.807, 2.05) is 0 Å². The zero-order valence-electron chi connectivity index (χ0n) is 12.0. The summed E-state index contributed by atoms with van der Waals surface area (Å²) in [6, 6.07) is 6.72. The molecule has 0 spiro atoms. The molecule has 0 bridgehead atoms. The molecule has 3 rings (SSSR count). The molecule has 0 aliphatic carbocycles. The number of ether oxygens (including phenoxy) is 1. The second-order valence-corrected chi connectivity index (χ2v) is 6.23. The lowest BCUT2D eigenvalue weighted by molar-refractivity contribution is 0.119. The molecule has 1 aliphatic heterocycles. The van der Waals surface area contributed by atoms with Crippen LogP contribution in [0.2, 0.25) is 0 Å². The SMILES string of the molecule is COC(C)Cc1nc(-c2ccc3c(c2)CCNC3)cs1. The molecule has 1 atom stereocenters. The number of rotatable bonds is 4. The first-order chi connectivity index (χ1) is 9.76. The van der Waals surface area contributed by atoms with E-state index < -0.39 is 0 Å². The zero-order valence-corrected chi connectivity index (χ0v) is 12.8. The Labute approximate surface area is 124 Å². The van der Waals surface area contributed by atoms with Gasteiger partial charge in [-0.2, -0.15) is 0 Å². The number of methoxy groups -OCH3 is 1. The molecule has 1 N–H and O–H groups in total. The summed E-state index contributed by atoms with van der Waals surface area (Å²) in [6.45, 7) is 4.14. The zero-order chi connectivity index (χ0) is 13.9. The molecule has 0 saturated heterocycles. The van der Waals surface area contributed by atoms with Crippen LogP contribution in [0.5, 0.6) is 0 Å². The fraction of sp³-hybridized carbons (Fsp3) is 0.438. The van der Waals surface area contributed by atoms with Gasteiger partial charge in [-0.3, -0.25) is 0 Å². The molecule has 20 heavy (non-hydrogen) atoms. The van der Waals surface area contributed by atoms with Crippen molar-refractivity contribution in [2.45, 2.75) is 32.4 Å². The van der Waals surface area contributed by atoms with Crippen LogP contribution in [-0.2, 0) is 24.1 Å². The van der Waals surface area contributed by atoms with Crippen molar-refractivity contribution in [3.63, 3.8) is 0 Å². The lowest BCUT2D eigenvalue weighted by atomic mass is 9.98. The molecule has 1 aromatic heterocycles. The number of thiazole rings is 1. The summed E-state index contributed by atoms with van der Waals surface area (Å²) < 4.78 is 5.30. The third-order valence-corrected chi connectivity index (χ3v) is 4.68. The number of hydrogen-bond acceptors (Lipinski definition) is 4. The molecule has 3 nitrogen and oxygen atoms in total. The van der Waals surface area contributed by atoms with E-state index in [4.69, 9.17) is 9.72 Å². The minimum atomic E-state index is 0.226. The molecular weight excluding hydrogens is 268 g/mol. The molecule has 0 fully saturated rings. The van der Waals surface area contributed by atoms with Crippen LogP contribution in [-0.4, -0.2) is 24.7 Å². The standard InChI is InChI=1S/C16H20N2OS/c1-11(19-2)7-16-18-15(10-20-16)13-3-4-14-9-17-6-5-12(14)8-13/h3-4,8,10-11,17H,5-7,9H2,1-2H3. The molecule has 2 heterocycles. The summed E-state index contributed by atoms with van der Waals surface area (Å²) in [5.41, 5.74) is 5.21. The van der Waals surface area contributed by atoms with E-state index in [1.165, 1.54) is 16.7 Å². The molecule has 106 valence electrons. The van der Waals surface area contributed by atoms with Gasteiger partial charge in [0.1, 0.15) is 0 Å². The first-order valence-corrected chi connectivity index (χ1v) is 7.94. The van der Waals surface area contributed by atoms with Gasteiger partial charge in [0.2, 0.25) is 0 Å². The number of fused-ring (bicyclic) bond motifs is 1. The number of nitrogens with zero attached hydrogens (tertiary/aromatic N) is 1. The molecule has 0 amide bonds. The first kappa shape index (κ1) is 13.7. The summed E-state index contributed by atoms with van der Waals surface area (Å²) in [4.78, 5) is 4.74. The van der Waals surface area contributed by atoms with Crippen molar-refractivity contribution >= 4 is 11.3 Å². The van der Waals surface area contributed by atoms with Crippen molar-refractivity contribution in [1.82, 2.24) is 10.3 Å². The van der Waals surface area contributed by atoms with Gasteiger partial charge in [-0.25, -0.2) is 4.98 Å². The highest BCUT2D eigenvalue weighted by molar-refractivity contribution is 7.09. The average molecular weight is 288 g/mol. The predicted molar refractivity (Wildman–Crippen MR) is 83.1 cm³/mol. The van der Waals surface area contributed by atoms with Gasteiger partial charge in [0.25, 0.3) is 0 Å². The van der Waals surface area contributed by atoms with E-state index in [9.17, 15) is 0 Å². The van der Waals surface area contributed by atoms with Crippen molar-refractivity contribution in [3.05, 3.63) is 39.7 Å². The molecular formula is C16H20N2OS. The maximum atomic E-state index is 5.30. The fourth-order valence-corrected chi connectivity index (χ4v) is 3.42. The van der Waals surface area contributed by atoms with Crippen LogP contribution in [0.3, 0.4) is 0 Å². The quantitative estimate of drug-likeness (QED) is 0.939. The van der Waals surface area contributed by atoms with Crippen LogP contribution in [0.4, 0.5) is 0 Å².